The zero-order chi connectivity index (χ0) is 14.9. The van der Waals surface area contributed by atoms with Crippen LogP contribution in [0.15, 0.2) is 36.7 Å². The predicted octanol–water partition coefficient (Wildman–Crippen LogP) is 1.96. The summed E-state index contributed by atoms with van der Waals surface area (Å²) in [6.07, 6.45) is 5.99. The summed E-state index contributed by atoms with van der Waals surface area (Å²) in [7, 11) is 0. The van der Waals surface area contributed by atoms with Crippen LogP contribution in [0.2, 0.25) is 0 Å². The van der Waals surface area contributed by atoms with Crippen molar-refractivity contribution in [2.45, 2.75) is 38.6 Å². The van der Waals surface area contributed by atoms with E-state index in [0.29, 0.717) is 6.54 Å². The Hall–Kier alpha value is -2.24. The Morgan fingerprint density at radius 1 is 1.24 bits per heavy atom. The van der Waals surface area contributed by atoms with Crippen LogP contribution in [0.5, 0.6) is 0 Å². The van der Waals surface area contributed by atoms with Crippen LogP contribution in [0, 0.1) is 0 Å². The average molecular weight is 287 g/mol. The molecule has 0 saturated heterocycles. The van der Waals surface area contributed by atoms with Crippen LogP contribution in [-0.4, -0.2) is 32.7 Å². The molecular formula is C15H21N5O. The van der Waals surface area contributed by atoms with E-state index in [1.54, 1.807) is 0 Å². The topological polar surface area (TPSA) is 72.7 Å². The molecule has 1 aromatic carbocycles. The van der Waals surface area contributed by atoms with Crippen LogP contribution in [0.1, 0.15) is 44.2 Å². The predicted molar refractivity (Wildman–Crippen MR) is 79.5 cm³/mol. The smallest absolute Gasteiger partial charge is 0.249 e. The first-order chi connectivity index (χ1) is 10.3. The highest BCUT2D eigenvalue weighted by molar-refractivity contribution is 5.83. The largest absolute Gasteiger partial charge is 0.354 e. The molecule has 0 bridgehead atoms. The second-order valence-corrected chi connectivity index (χ2v) is 4.95. The molecule has 2 aromatic rings. The van der Waals surface area contributed by atoms with E-state index in [1.165, 1.54) is 23.9 Å². The Morgan fingerprint density at radius 3 is 2.71 bits per heavy atom. The van der Waals surface area contributed by atoms with Gasteiger partial charge in [-0.25, -0.2) is 4.68 Å². The van der Waals surface area contributed by atoms with Crippen LogP contribution in [0.4, 0.5) is 0 Å². The molecule has 1 heterocycles. The lowest BCUT2D eigenvalue weighted by Crippen LogP contribution is -2.34. The summed E-state index contributed by atoms with van der Waals surface area (Å²) in [5.41, 5.74) is 0.871. The van der Waals surface area contributed by atoms with Gasteiger partial charge in [-0.2, -0.15) is 0 Å². The van der Waals surface area contributed by atoms with Crippen molar-refractivity contribution in [3.63, 3.8) is 0 Å². The highest BCUT2D eigenvalue weighted by Crippen LogP contribution is 2.16. The number of rotatable bonds is 8. The van der Waals surface area contributed by atoms with Crippen molar-refractivity contribution < 1.29 is 4.79 Å². The van der Waals surface area contributed by atoms with E-state index in [-0.39, 0.29) is 5.91 Å². The van der Waals surface area contributed by atoms with Crippen LogP contribution >= 0.6 is 0 Å². The first kappa shape index (κ1) is 15.2. The normalized spacial score (nSPS) is 12.0. The summed E-state index contributed by atoms with van der Waals surface area (Å²) in [5, 5.41) is 14.1. The molecule has 0 fully saturated rings. The molecule has 1 aromatic heterocycles. The van der Waals surface area contributed by atoms with Gasteiger partial charge in [0.25, 0.3) is 0 Å². The number of hydrogen-bond acceptors (Lipinski definition) is 4. The molecule has 1 N–H and O–H groups in total. The molecule has 1 amide bonds. The maximum atomic E-state index is 12.4. The van der Waals surface area contributed by atoms with Crippen molar-refractivity contribution in [2.75, 3.05) is 6.54 Å². The molecule has 0 aliphatic heterocycles. The number of aromatic nitrogens is 4. The van der Waals surface area contributed by atoms with Crippen molar-refractivity contribution >= 4 is 5.91 Å². The second-order valence-electron chi connectivity index (χ2n) is 4.95. The van der Waals surface area contributed by atoms with Gasteiger partial charge in [0.2, 0.25) is 5.91 Å². The van der Waals surface area contributed by atoms with Crippen LogP contribution in [-0.2, 0) is 4.79 Å². The standard InChI is InChI=1S/C15H21N5O/c1-2-3-4-8-11-16-15(21)14(20-12-17-18-19-20)13-9-6-5-7-10-13/h5-7,9-10,12,14H,2-4,8,11H2,1H3,(H,16,21). The molecule has 1 unspecified atom stereocenters. The Balaban J connectivity index is 2.01. The number of carbonyl (C=O) groups excluding carboxylic acids is 1. The van der Waals surface area contributed by atoms with Gasteiger partial charge < -0.3 is 5.32 Å². The number of carbonyl (C=O) groups is 1. The minimum Gasteiger partial charge on any atom is -0.354 e. The van der Waals surface area contributed by atoms with Gasteiger partial charge in [-0.15, -0.1) is 5.10 Å². The van der Waals surface area contributed by atoms with Gasteiger partial charge in [-0.1, -0.05) is 56.5 Å². The molecule has 1 atom stereocenters. The summed E-state index contributed by atoms with van der Waals surface area (Å²) in [6, 6.07) is 9.02. The van der Waals surface area contributed by atoms with E-state index in [2.05, 4.69) is 27.8 Å². The lowest BCUT2D eigenvalue weighted by Gasteiger charge is -2.16. The number of tetrazole rings is 1. The summed E-state index contributed by atoms with van der Waals surface area (Å²) >= 11 is 0. The molecule has 0 aliphatic rings. The van der Waals surface area contributed by atoms with Gasteiger partial charge in [-0.3, -0.25) is 4.79 Å². The number of benzene rings is 1. The first-order valence-corrected chi connectivity index (χ1v) is 7.38. The monoisotopic (exact) mass is 287 g/mol. The van der Waals surface area contributed by atoms with E-state index >= 15 is 0 Å². The number of nitrogens with zero attached hydrogens (tertiary/aromatic N) is 4. The fourth-order valence-corrected chi connectivity index (χ4v) is 2.21. The Morgan fingerprint density at radius 2 is 2.05 bits per heavy atom. The number of nitrogens with one attached hydrogen (secondary N) is 1. The fourth-order valence-electron chi connectivity index (χ4n) is 2.21. The third kappa shape index (κ3) is 4.37. The third-order valence-electron chi connectivity index (χ3n) is 3.32. The minimum absolute atomic E-state index is 0.0787. The summed E-state index contributed by atoms with van der Waals surface area (Å²) in [6.45, 7) is 2.85. The average Bonchev–Trinajstić information content (AvgIpc) is 3.02. The minimum atomic E-state index is -0.521. The Bertz CT molecular complexity index is 526. The summed E-state index contributed by atoms with van der Waals surface area (Å²) in [5.74, 6) is -0.0787. The van der Waals surface area contributed by atoms with Gasteiger partial charge in [-0.05, 0) is 22.4 Å². The number of hydrogen-bond donors (Lipinski definition) is 1. The first-order valence-electron chi connectivity index (χ1n) is 7.38. The molecule has 0 spiro atoms. The lowest BCUT2D eigenvalue weighted by molar-refractivity contribution is -0.123. The molecule has 0 radical (unpaired) electrons. The van der Waals surface area contributed by atoms with Crippen LogP contribution in [0.25, 0.3) is 0 Å². The Kier molecular flexibility index (Phi) is 5.87. The maximum absolute atomic E-state index is 12.4. The van der Waals surface area contributed by atoms with Crippen molar-refractivity contribution in [3.05, 3.63) is 42.2 Å². The fraction of sp³-hybridized carbons (Fsp3) is 0.467. The van der Waals surface area contributed by atoms with E-state index in [4.69, 9.17) is 0 Å². The van der Waals surface area contributed by atoms with Gasteiger partial charge in [0, 0.05) is 6.54 Å². The molecule has 6 heteroatoms. The van der Waals surface area contributed by atoms with E-state index in [1.807, 2.05) is 30.3 Å². The number of unbranched alkanes of at least 4 members (excludes halogenated alkanes) is 3. The van der Waals surface area contributed by atoms with Gasteiger partial charge >= 0.3 is 0 Å². The molecule has 2 rings (SSSR count). The van der Waals surface area contributed by atoms with Gasteiger partial charge in [0.15, 0.2) is 6.04 Å². The van der Waals surface area contributed by atoms with Crippen molar-refractivity contribution in [3.8, 4) is 0 Å². The lowest BCUT2D eigenvalue weighted by atomic mass is 10.1. The van der Waals surface area contributed by atoms with E-state index < -0.39 is 6.04 Å². The molecule has 21 heavy (non-hydrogen) atoms. The molecule has 112 valence electrons. The number of amides is 1. The highest BCUT2D eigenvalue weighted by atomic mass is 16.2. The zero-order valence-electron chi connectivity index (χ0n) is 12.3. The molecule has 0 aliphatic carbocycles. The van der Waals surface area contributed by atoms with Crippen molar-refractivity contribution in [2.24, 2.45) is 0 Å². The van der Waals surface area contributed by atoms with Crippen LogP contribution in [0.3, 0.4) is 0 Å². The SMILES string of the molecule is CCCCCCNC(=O)C(c1ccccc1)n1cnnn1. The summed E-state index contributed by atoms with van der Waals surface area (Å²) in [4.78, 5) is 12.4. The van der Waals surface area contributed by atoms with Crippen molar-refractivity contribution in [1.82, 2.24) is 25.5 Å². The van der Waals surface area contributed by atoms with E-state index in [9.17, 15) is 4.79 Å². The second kappa shape index (κ2) is 8.14. The third-order valence-corrected chi connectivity index (χ3v) is 3.32. The molecule has 6 nitrogen and oxygen atoms in total. The highest BCUT2D eigenvalue weighted by Gasteiger charge is 2.23. The molecular weight excluding hydrogens is 266 g/mol. The van der Waals surface area contributed by atoms with Crippen LogP contribution < -0.4 is 5.32 Å². The van der Waals surface area contributed by atoms with Gasteiger partial charge in [0.05, 0.1) is 0 Å². The van der Waals surface area contributed by atoms with Crippen molar-refractivity contribution in [1.29, 1.82) is 0 Å². The zero-order valence-corrected chi connectivity index (χ0v) is 12.3. The quantitative estimate of drug-likeness (QED) is 0.753. The molecule has 0 saturated carbocycles. The summed E-state index contributed by atoms with van der Waals surface area (Å²) < 4.78 is 1.48. The van der Waals surface area contributed by atoms with E-state index in [0.717, 1.165) is 18.4 Å². The van der Waals surface area contributed by atoms with Gasteiger partial charge in [0.1, 0.15) is 6.33 Å². The Labute approximate surface area is 124 Å². The maximum Gasteiger partial charge on any atom is 0.249 e.